The fourth-order valence-corrected chi connectivity index (χ4v) is 3.76. The number of rotatable bonds is 4. The number of nitrogens with one attached hydrogen (secondary N) is 1. The number of para-hydroxylation sites is 1. The minimum absolute atomic E-state index is 0.140. The third-order valence-electron chi connectivity index (χ3n) is 5.29. The molecule has 6 heteroatoms. The van der Waals surface area contributed by atoms with Crippen molar-refractivity contribution >= 4 is 34.4 Å². The fourth-order valence-electron chi connectivity index (χ4n) is 3.55. The third kappa shape index (κ3) is 4.15. The molecule has 1 aromatic carbocycles. The van der Waals surface area contributed by atoms with Crippen LogP contribution in [0.5, 0.6) is 0 Å². The maximum Gasteiger partial charge on any atom is 0.339 e. The second kappa shape index (κ2) is 8.04. The summed E-state index contributed by atoms with van der Waals surface area (Å²) in [5, 5.41) is 3.86. The number of nitrogens with zero attached hydrogens (tertiary/aromatic N) is 1. The van der Waals surface area contributed by atoms with E-state index >= 15 is 0 Å². The number of benzene rings is 1. The second-order valence-electron chi connectivity index (χ2n) is 7.03. The van der Waals surface area contributed by atoms with Crippen molar-refractivity contribution in [3.8, 4) is 0 Å². The third-order valence-corrected chi connectivity index (χ3v) is 5.49. The van der Waals surface area contributed by atoms with Crippen LogP contribution in [0.25, 0.3) is 10.9 Å². The van der Waals surface area contributed by atoms with Gasteiger partial charge in [0.2, 0.25) is 0 Å². The molecule has 1 N–H and O–H groups in total. The van der Waals surface area contributed by atoms with Gasteiger partial charge >= 0.3 is 5.97 Å². The van der Waals surface area contributed by atoms with E-state index in [4.69, 9.17) is 16.3 Å². The van der Waals surface area contributed by atoms with E-state index in [-0.39, 0.29) is 23.7 Å². The van der Waals surface area contributed by atoms with E-state index in [0.717, 1.165) is 12.8 Å². The first kappa shape index (κ1) is 18.6. The van der Waals surface area contributed by atoms with Crippen molar-refractivity contribution in [2.75, 3.05) is 6.61 Å². The Kier molecular flexibility index (Phi) is 5.77. The Hall–Kier alpha value is -2.14. The number of esters is 1. The van der Waals surface area contributed by atoms with Crippen molar-refractivity contribution in [3.63, 3.8) is 0 Å². The molecule has 0 spiro atoms. The summed E-state index contributed by atoms with van der Waals surface area (Å²) < 4.78 is 5.22. The van der Waals surface area contributed by atoms with Crippen LogP contribution in [0, 0.1) is 11.8 Å². The Bertz CT molecular complexity index is 824. The summed E-state index contributed by atoms with van der Waals surface area (Å²) in [5.41, 5.74) is 0.925. The first-order valence-corrected chi connectivity index (χ1v) is 9.35. The van der Waals surface area contributed by atoms with Crippen LogP contribution < -0.4 is 5.32 Å². The Morgan fingerprint density at radius 2 is 2.04 bits per heavy atom. The molecule has 0 radical (unpaired) electrons. The number of amides is 1. The average molecular weight is 375 g/mol. The molecule has 5 nitrogen and oxygen atoms in total. The van der Waals surface area contributed by atoms with Gasteiger partial charge in [-0.3, -0.25) is 4.79 Å². The Morgan fingerprint density at radius 3 is 2.85 bits per heavy atom. The highest BCUT2D eigenvalue weighted by Crippen LogP contribution is 2.29. The number of halogens is 1. The molecule has 1 aromatic heterocycles. The number of fused-ring (bicyclic) bond motifs is 1. The number of carbonyl (C=O) groups is 2. The summed E-state index contributed by atoms with van der Waals surface area (Å²) in [6, 6.07) is 8.79. The first-order chi connectivity index (χ1) is 12.5. The summed E-state index contributed by atoms with van der Waals surface area (Å²) in [4.78, 5) is 28.8. The SMILES string of the molecule is C[C@H]1[C@@H](NC(=O)COC(=O)c2cc(Cl)nc3ccccc23)CCC[C@@H]1C. The van der Waals surface area contributed by atoms with Crippen molar-refractivity contribution in [1.82, 2.24) is 10.3 Å². The van der Waals surface area contributed by atoms with Crippen LogP contribution in [-0.2, 0) is 9.53 Å². The molecule has 3 rings (SSSR count). The lowest BCUT2D eigenvalue weighted by atomic mass is 9.78. The van der Waals surface area contributed by atoms with Crippen LogP contribution in [-0.4, -0.2) is 29.5 Å². The quantitative estimate of drug-likeness (QED) is 0.649. The van der Waals surface area contributed by atoms with Gasteiger partial charge < -0.3 is 10.1 Å². The van der Waals surface area contributed by atoms with Crippen LogP contribution in [0.15, 0.2) is 30.3 Å². The summed E-state index contributed by atoms with van der Waals surface area (Å²) in [5.74, 6) is 0.160. The molecule has 3 atom stereocenters. The van der Waals surface area contributed by atoms with Crippen molar-refractivity contribution in [1.29, 1.82) is 0 Å². The highest BCUT2D eigenvalue weighted by atomic mass is 35.5. The molecule has 1 amide bonds. The molecule has 0 bridgehead atoms. The highest BCUT2D eigenvalue weighted by Gasteiger charge is 2.28. The summed E-state index contributed by atoms with van der Waals surface area (Å²) >= 11 is 5.99. The Labute approximate surface area is 158 Å². The predicted octanol–water partition coefficient (Wildman–Crippen LogP) is 3.99. The monoisotopic (exact) mass is 374 g/mol. The van der Waals surface area contributed by atoms with Crippen LogP contribution in [0.2, 0.25) is 5.15 Å². The average Bonchev–Trinajstić information content (AvgIpc) is 2.62. The van der Waals surface area contributed by atoms with Crippen molar-refractivity contribution in [3.05, 3.63) is 41.0 Å². The van der Waals surface area contributed by atoms with Crippen molar-refractivity contribution in [2.45, 2.75) is 39.2 Å². The van der Waals surface area contributed by atoms with Crippen LogP contribution in [0.1, 0.15) is 43.5 Å². The molecule has 0 saturated heterocycles. The van der Waals surface area contributed by atoms with E-state index in [0.29, 0.717) is 28.3 Å². The van der Waals surface area contributed by atoms with E-state index < -0.39 is 5.97 Å². The van der Waals surface area contributed by atoms with Gasteiger partial charge in [0.1, 0.15) is 5.15 Å². The summed E-state index contributed by atoms with van der Waals surface area (Å²) in [6.45, 7) is 4.07. The standard InChI is InChI=1S/C20H23ClN2O3/c1-12-6-5-9-16(13(12)2)23-19(24)11-26-20(25)15-10-18(21)22-17-8-4-3-7-14(15)17/h3-4,7-8,10,12-13,16H,5-6,9,11H2,1-2H3,(H,23,24)/t12-,13+,16-/m0/s1. The minimum Gasteiger partial charge on any atom is -0.452 e. The summed E-state index contributed by atoms with van der Waals surface area (Å²) in [7, 11) is 0. The molecule has 1 heterocycles. The zero-order valence-electron chi connectivity index (χ0n) is 15.0. The normalized spacial score (nSPS) is 22.8. The van der Waals surface area contributed by atoms with Gasteiger partial charge in [-0.1, -0.05) is 56.5 Å². The van der Waals surface area contributed by atoms with Crippen LogP contribution in [0.3, 0.4) is 0 Å². The molecular formula is C20H23ClN2O3. The molecule has 1 saturated carbocycles. The van der Waals surface area contributed by atoms with Gasteiger partial charge in [0, 0.05) is 11.4 Å². The summed E-state index contributed by atoms with van der Waals surface area (Å²) in [6.07, 6.45) is 3.27. The lowest BCUT2D eigenvalue weighted by Crippen LogP contribution is -2.45. The van der Waals surface area contributed by atoms with Crippen LogP contribution >= 0.6 is 11.6 Å². The molecule has 138 valence electrons. The predicted molar refractivity (Wildman–Crippen MR) is 101 cm³/mol. The minimum atomic E-state index is -0.578. The molecule has 1 fully saturated rings. The number of ether oxygens (including phenoxy) is 1. The molecule has 0 unspecified atom stereocenters. The van der Waals surface area contributed by atoms with Gasteiger partial charge in [-0.25, -0.2) is 9.78 Å². The van der Waals surface area contributed by atoms with Gasteiger partial charge in [0.05, 0.1) is 11.1 Å². The zero-order chi connectivity index (χ0) is 18.7. The van der Waals surface area contributed by atoms with E-state index in [1.165, 1.54) is 12.5 Å². The maximum atomic E-state index is 12.4. The van der Waals surface area contributed by atoms with E-state index in [9.17, 15) is 9.59 Å². The molecule has 0 aliphatic heterocycles. The van der Waals surface area contributed by atoms with Crippen LogP contribution in [0.4, 0.5) is 0 Å². The van der Waals surface area contributed by atoms with E-state index in [2.05, 4.69) is 24.1 Å². The number of hydrogen-bond donors (Lipinski definition) is 1. The maximum absolute atomic E-state index is 12.4. The Morgan fingerprint density at radius 1 is 1.27 bits per heavy atom. The van der Waals surface area contributed by atoms with Gasteiger partial charge in [-0.2, -0.15) is 0 Å². The van der Waals surface area contributed by atoms with Gasteiger partial charge in [-0.05, 0) is 30.4 Å². The van der Waals surface area contributed by atoms with Gasteiger partial charge in [0.15, 0.2) is 6.61 Å². The first-order valence-electron chi connectivity index (χ1n) is 8.97. The molecule has 26 heavy (non-hydrogen) atoms. The molecular weight excluding hydrogens is 352 g/mol. The number of pyridine rings is 1. The number of hydrogen-bond acceptors (Lipinski definition) is 4. The van der Waals surface area contributed by atoms with E-state index in [1.807, 2.05) is 12.1 Å². The van der Waals surface area contributed by atoms with Gasteiger partial charge in [0.25, 0.3) is 5.91 Å². The molecule has 1 aliphatic rings. The topological polar surface area (TPSA) is 68.3 Å². The van der Waals surface area contributed by atoms with Crippen molar-refractivity contribution < 1.29 is 14.3 Å². The second-order valence-corrected chi connectivity index (χ2v) is 7.41. The smallest absolute Gasteiger partial charge is 0.339 e. The largest absolute Gasteiger partial charge is 0.452 e. The fraction of sp³-hybridized carbons (Fsp3) is 0.450. The molecule has 2 aromatic rings. The number of aromatic nitrogens is 1. The lowest BCUT2D eigenvalue weighted by molar-refractivity contribution is -0.125. The van der Waals surface area contributed by atoms with Crippen molar-refractivity contribution in [2.24, 2.45) is 11.8 Å². The number of carbonyl (C=O) groups excluding carboxylic acids is 2. The zero-order valence-corrected chi connectivity index (χ0v) is 15.8. The lowest BCUT2D eigenvalue weighted by Gasteiger charge is -2.34. The van der Waals surface area contributed by atoms with E-state index in [1.54, 1.807) is 12.1 Å². The molecule has 1 aliphatic carbocycles. The highest BCUT2D eigenvalue weighted by molar-refractivity contribution is 6.30. The van der Waals surface area contributed by atoms with Gasteiger partial charge in [-0.15, -0.1) is 0 Å². The Balaban J connectivity index is 1.63.